The fraction of sp³-hybridized carbons (Fsp3) is 0.600. The molecule has 2 aliphatic heterocycles. The number of fused-ring (bicyclic) bond motifs is 2. The fourth-order valence-electron chi connectivity index (χ4n) is 3.52. The molecule has 2 aliphatic rings. The minimum atomic E-state index is -0.887. The molecular formula is C15H20N4O5. The van der Waals surface area contributed by atoms with Crippen LogP contribution in [-0.2, 0) is 4.74 Å². The lowest BCUT2D eigenvalue weighted by molar-refractivity contribution is -0.0430. The lowest BCUT2D eigenvalue weighted by atomic mass is 10.1. The van der Waals surface area contributed by atoms with E-state index in [0.717, 1.165) is 0 Å². The second-order valence-electron chi connectivity index (χ2n) is 6.47. The van der Waals surface area contributed by atoms with Gasteiger partial charge in [-0.05, 0) is 6.92 Å². The number of nitrogens with zero attached hydrogens (tertiary/aromatic N) is 3. The Kier molecular flexibility index (Phi) is 3.61. The molecular weight excluding hydrogens is 316 g/mol. The molecule has 0 aromatic carbocycles. The average Bonchev–Trinajstić information content (AvgIpc) is 3.09. The molecule has 24 heavy (non-hydrogen) atoms. The van der Waals surface area contributed by atoms with E-state index in [1.807, 2.05) is 6.92 Å². The molecule has 0 bridgehead atoms. The number of pyridine rings is 1. The molecule has 0 unspecified atom stereocenters. The lowest BCUT2D eigenvalue weighted by Crippen LogP contribution is -2.37. The standard InChI is InChI=1S/C15H20N4O5/c1-7-2-12(22)19-11(17-7)3-8-14(15(19)23)16-6-18(8)13-4-9(21)10(5-20)24-13/h3,6-7,9-10,12-13,17,20-22H,2,4-5H2,1H3/t7-,9-,10+,12-,13+/m0/s1. The summed E-state index contributed by atoms with van der Waals surface area (Å²) in [5, 5.41) is 32.5. The van der Waals surface area contributed by atoms with Gasteiger partial charge in [0, 0.05) is 24.9 Å². The maximum atomic E-state index is 12.7. The second kappa shape index (κ2) is 5.55. The molecule has 2 aromatic rings. The van der Waals surface area contributed by atoms with Crippen LogP contribution >= 0.6 is 0 Å². The highest BCUT2D eigenvalue weighted by Gasteiger charge is 2.35. The molecule has 4 heterocycles. The summed E-state index contributed by atoms with van der Waals surface area (Å²) in [6.07, 6.45) is -0.568. The van der Waals surface area contributed by atoms with Crippen LogP contribution < -0.4 is 10.9 Å². The Bertz CT molecular complexity index is 831. The van der Waals surface area contributed by atoms with Crippen LogP contribution in [0.4, 0.5) is 5.82 Å². The van der Waals surface area contributed by atoms with Crippen molar-refractivity contribution in [1.29, 1.82) is 0 Å². The second-order valence-corrected chi connectivity index (χ2v) is 6.47. The molecule has 9 heteroatoms. The van der Waals surface area contributed by atoms with Crippen molar-refractivity contribution < 1.29 is 20.1 Å². The van der Waals surface area contributed by atoms with Crippen molar-refractivity contribution in [2.75, 3.05) is 11.9 Å². The molecule has 130 valence electrons. The molecule has 0 amide bonds. The van der Waals surface area contributed by atoms with E-state index in [1.165, 1.54) is 10.9 Å². The molecule has 4 rings (SSSR count). The van der Waals surface area contributed by atoms with Gasteiger partial charge in [-0.3, -0.25) is 9.36 Å². The van der Waals surface area contributed by atoms with Crippen LogP contribution in [0.5, 0.6) is 0 Å². The smallest absolute Gasteiger partial charge is 0.282 e. The van der Waals surface area contributed by atoms with Gasteiger partial charge in [0.05, 0.1) is 24.6 Å². The van der Waals surface area contributed by atoms with Crippen molar-refractivity contribution in [1.82, 2.24) is 14.1 Å². The highest BCUT2D eigenvalue weighted by atomic mass is 16.5. The first-order valence-corrected chi connectivity index (χ1v) is 8.00. The van der Waals surface area contributed by atoms with Crippen molar-refractivity contribution >= 4 is 16.9 Å². The van der Waals surface area contributed by atoms with Gasteiger partial charge < -0.3 is 29.9 Å². The summed E-state index contributed by atoms with van der Waals surface area (Å²) in [6, 6.07) is 1.79. The number of hydrogen-bond donors (Lipinski definition) is 4. The number of anilines is 1. The first-order chi connectivity index (χ1) is 11.5. The van der Waals surface area contributed by atoms with Crippen molar-refractivity contribution in [3.63, 3.8) is 0 Å². The SMILES string of the molecule is C[C@H]1C[C@H](O)n2c(cc3c(ncn3[C@H]3C[C@H](O)[C@@H](CO)O3)c2=O)N1. The summed E-state index contributed by atoms with van der Waals surface area (Å²) in [5.74, 6) is 0.526. The molecule has 0 aliphatic carbocycles. The Morgan fingerprint density at radius 1 is 1.42 bits per heavy atom. The third kappa shape index (κ3) is 2.24. The first kappa shape index (κ1) is 15.6. The van der Waals surface area contributed by atoms with Gasteiger partial charge in [0.15, 0.2) is 5.52 Å². The first-order valence-electron chi connectivity index (χ1n) is 8.00. The Morgan fingerprint density at radius 3 is 2.92 bits per heavy atom. The Balaban J connectivity index is 1.82. The Hall–Kier alpha value is -1.94. The zero-order valence-corrected chi connectivity index (χ0v) is 13.2. The molecule has 9 nitrogen and oxygen atoms in total. The van der Waals surface area contributed by atoms with Crippen LogP contribution in [0.2, 0.25) is 0 Å². The number of aromatic nitrogens is 3. The summed E-state index contributed by atoms with van der Waals surface area (Å²) < 4.78 is 8.64. The number of imidazole rings is 1. The largest absolute Gasteiger partial charge is 0.394 e. The van der Waals surface area contributed by atoms with Gasteiger partial charge in [-0.15, -0.1) is 0 Å². The predicted octanol–water partition coefficient (Wildman–Crippen LogP) is -0.466. The topological polar surface area (TPSA) is 122 Å². The molecule has 0 spiro atoms. The number of hydrogen-bond acceptors (Lipinski definition) is 7. The van der Waals surface area contributed by atoms with Crippen molar-refractivity contribution in [3.05, 3.63) is 22.7 Å². The van der Waals surface area contributed by atoms with Gasteiger partial charge in [-0.25, -0.2) is 4.98 Å². The number of ether oxygens (including phenoxy) is 1. The van der Waals surface area contributed by atoms with E-state index in [0.29, 0.717) is 24.2 Å². The zero-order valence-electron chi connectivity index (χ0n) is 13.2. The lowest BCUT2D eigenvalue weighted by Gasteiger charge is -2.29. The average molecular weight is 336 g/mol. The van der Waals surface area contributed by atoms with E-state index in [4.69, 9.17) is 4.74 Å². The van der Waals surface area contributed by atoms with E-state index in [1.54, 1.807) is 10.6 Å². The number of aliphatic hydroxyl groups is 3. The maximum Gasteiger partial charge on any atom is 0.282 e. The number of aliphatic hydroxyl groups excluding tert-OH is 3. The van der Waals surface area contributed by atoms with Gasteiger partial charge in [-0.2, -0.15) is 0 Å². The number of nitrogens with one attached hydrogen (secondary N) is 1. The number of rotatable bonds is 2. The van der Waals surface area contributed by atoms with Crippen LogP contribution in [0, 0.1) is 0 Å². The summed E-state index contributed by atoms with van der Waals surface area (Å²) in [5.41, 5.74) is 0.431. The summed E-state index contributed by atoms with van der Waals surface area (Å²) >= 11 is 0. The minimum Gasteiger partial charge on any atom is -0.394 e. The molecule has 1 fully saturated rings. The highest BCUT2D eigenvalue weighted by molar-refractivity contribution is 5.78. The van der Waals surface area contributed by atoms with Crippen LogP contribution in [0.3, 0.4) is 0 Å². The van der Waals surface area contributed by atoms with Gasteiger partial charge in [0.2, 0.25) is 0 Å². The monoisotopic (exact) mass is 336 g/mol. The molecule has 1 saturated heterocycles. The van der Waals surface area contributed by atoms with Gasteiger partial charge >= 0.3 is 0 Å². The third-order valence-electron chi connectivity index (χ3n) is 4.74. The fourth-order valence-corrected chi connectivity index (χ4v) is 3.52. The van der Waals surface area contributed by atoms with Crippen molar-refractivity contribution in [2.45, 2.75) is 50.5 Å². The van der Waals surface area contributed by atoms with Crippen LogP contribution in [-0.4, -0.2) is 54.3 Å². The Labute approximate surface area is 137 Å². The molecule has 0 radical (unpaired) electrons. The van der Waals surface area contributed by atoms with Crippen LogP contribution in [0.15, 0.2) is 17.2 Å². The van der Waals surface area contributed by atoms with E-state index >= 15 is 0 Å². The summed E-state index contributed by atoms with van der Waals surface area (Å²) in [6.45, 7) is 1.66. The van der Waals surface area contributed by atoms with E-state index in [-0.39, 0.29) is 23.7 Å². The minimum absolute atomic E-state index is 0.0385. The van der Waals surface area contributed by atoms with E-state index in [9.17, 15) is 20.1 Å². The quantitative estimate of drug-likeness (QED) is 0.585. The van der Waals surface area contributed by atoms with Gasteiger partial charge in [-0.1, -0.05) is 0 Å². The maximum absolute atomic E-state index is 12.7. The van der Waals surface area contributed by atoms with E-state index in [2.05, 4.69) is 10.3 Å². The molecule has 4 N–H and O–H groups in total. The molecule has 2 aromatic heterocycles. The summed E-state index contributed by atoms with van der Waals surface area (Å²) in [7, 11) is 0. The van der Waals surface area contributed by atoms with Crippen molar-refractivity contribution in [2.24, 2.45) is 0 Å². The Morgan fingerprint density at radius 2 is 2.21 bits per heavy atom. The summed E-state index contributed by atoms with van der Waals surface area (Å²) in [4.78, 5) is 16.8. The van der Waals surface area contributed by atoms with Crippen LogP contribution in [0.25, 0.3) is 11.0 Å². The van der Waals surface area contributed by atoms with Gasteiger partial charge in [0.1, 0.15) is 24.4 Å². The molecule has 5 atom stereocenters. The normalized spacial score (nSPS) is 32.8. The predicted molar refractivity (Wildman–Crippen MR) is 84.6 cm³/mol. The van der Waals surface area contributed by atoms with Gasteiger partial charge in [0.25, 0.3) is 5.56 Å². The van der Waals surface area contributed by atoms with Crippen molar-refractivity contribution in [3.8, 4) is 0 Å². The zero-order chi connectivity index (χ0) is 17.0. The molecule has 0 saturated carbocycles. The van der Waals surface area contributed by atoms with Crippen LogP contribution in [0.1, 0.15) is 32.2 Å². The highest BCUT2D eigenvalue weighted by Crippen LogP contribution is 2.32. The third-order valence-corrected chi connectivity index (χ3v) is 4.74. The van der Waals surface area contributed by atoms with E-state index < -0.39 is 24.7 Å².